The van der Waals surface area contributed by atoms with Gasteiger partial charge >= 0.3 is 0 Å². The first kappa shape index (κ1) is 18.0. The fraction of sp³-hybridized carbons (Fsp3) is 0.318. The Morgan fingerprint density at radius 3 is 2.93 bits per heavy atom. The lowest BCUT2D eigenvalue weighted by Crippen LogP contribution is -2.42. The van der Waals surface area contributed by atoms with Crippen molar-refractivity contribution in [3.8, 4) is 5.69 Å². The van der Waals surface area contributed by atoms with Gasteiger partial charge in [-0.1, -0.05) is 30.3 Å². The molecule has 7 nitrogen and oxygen atoms in total. The molecule has 147 valence electrons. The molecule has 1 aliphatic rings. The van der Waals surface area contributed by atoms with Crippen molar-refractivity contribution in [2.75, 3.05) is 6.54 Å². The predicted molar refractivity (Wildman–Crippen MR) is 110 cm³/mol. The summed E-state index contributed by atoms with van der Waals surface area (Å²) in [5.41, 5.74) is 4.15. The molecule has 2 aromatic heterocycles. The molecule has 1 fully saturated rings. The molecule has 1 radical (unpaired) electrons. The number of tetrazole rings is 1. The number of aryl methyl sites for hydroxylation is 1. The van der Waals surface area contributed by atoms with Crippen molar-refractivity contribution < 1.29 is 4.42 Å². The SMILES string of the molecule is Cc1nnnn1-c1cc(C[N][C@H]2CCCN[C@H]2c2ccccc2)c2occc2c1. The summed E-state index contributed by atoms with van der Waals surface area (Å²) >= 11 is 0. The molecule has 1 aliphatic heterocycles. The maximum Gasteiger partial charge on any atom is 0.153 e. The quantitative estimate of drug-likeness (QED) is 0.568. The van der Waals surface area contributed by atoms with Crippen LogP contribution in [0.2, 0.25) is 0 Å². The van der Waals surface area contributed by atoms with Crippen LogP contribution in [-0.2, 0) is 6.54 Å². The first-order valence-electron chi connectivity index (χ1n) is 10.00. The summed E-state index contributed by atoms with van der Waals surface area (Å²) in [5.74, 6) is 0.747. The molecule has 3 heterocycles. The summed E-state index contributed by atoms with van der Waals surface area (Å²) in [4.78, 5) is 0. The van der Waals surface area contributed by atoms with Gasteiger partial charge in [-0.3, -0.25) is 0 Å². The number of rotatable bonds is 5. The zero-order valence-electron chi connectivity index (χ0n) is 16.3. The lowest BCUT2D eigenvalue weighted by atomic mass is 9.92. The first-order valence-corrected chi connectivity index (χ1v) is 10.00. The zero-order valence-corrected chi connectivity index (χ0v) is 16.3. The van der Waals surface area contributed by atoms with Gasteiger partial charge in [0.15, 0.2) is 5.82 Å². The van der Waals surface area contributed by atoms with Gasteiger partial charge in [-0.15, -0.1) is 5.10 Å². The number of furan rings is 1. The second-order valence-corrected chi connectivity index (χ2v) is 7.47. The van der Waals surface area contributed by atoms with Crippen molar-refractivity contribution in [3.63, 3.8) is 0 Å². The molecule has 0 amide bonds. The fourth-order valence-corrected chi connectivity index (χ4v) is 4.13. The highest BCUT2D eigenvalue weighted by atomic mass is 16.3. The topological polar surface area (TPSA) is 82.9 Å². The highest BCUT2D eigenvalue weighted by molar-refractivity contribution is 5.82. The van der Waals surface area contributed by atoms with Crippen LogP contribution >= 0.6 is 0 Å². The Labute approximate surface area is 169 Å². The van der Waals surface area contributed by atoms with Crippen LogP contribution in [0.15, 0.2) is 59.2 Å². The van der Waals surface area contributed by atoms with E-state index in [-0.39, 0.29) is 12.1 Å². The Bertz CT molecular complexity index is 1100. The Balaban J connectivity index is 1.42. The number of hydrogen-bond acceptors (Lipinski definition) is 5. The smallest absolute Gasteiger partial charge is 0.153 e. The maximum absolute atomic E-state index is 5.77. The molecule has 1 saturated heterocycles. The van der Waals surface area contributed by atoms with Crippen LogP contribution in [0.25, 0.3) is 16.7 Å². The van der Waals surface area contributed by atoms with Crippen molar-refractivity contribution in [2.45, 2.75) is 38.4 Å². The van der Waals surface area contributed by atoms with Crippen molar-refractivity contribution in [1.29, 1.82) is 0 Å². The van der Waals surface area contributed by atoms with Gasteiger partial charge in [0, 0.05) is 29.6 Å². The number of hydrogen-bond donors (Lipinski definition) is 1. The molecule has 1 N–H and O–H groups in total. The summed E-state index contributed by atoms with van der Waals surface area (Å²) in [6, 6.07) is 17.2. The second kappa shape index (κ2) is 7.77. The Hall–Kier alpha value is -3.03. The Kier molecular flexibility index (Phi) is 4.83. The van der Waals surface area contributed by atoms with Crippen LogP contribution < -0.4 is 10.6 Å². The average molecular weight is 387 g/mol. The van der Waals surface area contributed by atoms with E-state index in [0.29, 0.717) is 6.54 Å². The molecule has 0 spiro atoms. The zero-order chi connectivity index (χ0) is 19.6. The molecule has 5 rings (SSSR count). The summed E-state index contributed by atoms with van der Waals surface area (Å²) < 4.78 is 7.51. The van der Waals surface area contributed by atoms with Crippen molar-refractivity contribution in [2.24, 2.45) is 0 Å². The van der Waals surface area contributed by atoms with Gasteiger partial charge in [0.1, 0.15) is 5.58 Å². The van der Waals surface area contributed by atoms with Crippen LogP contribution in [0.3, 0.4) is 0 Å². The number of nitrogens with zero attached hydrogens (tertiary/aromatic N) is 5. The van der Waals surface area contributed by atoms with Gasteiger partial charge in [0.25, 0.3) is 0 Å². The molecule has 0 unspecified atom stereocenters. The molecule has 2 atom stereocenters. The maximum atomic E-state index is 5.77. The van der Waals surface area contributed by atoms with E-state index in [1.807, 2.05) is 19.1 Å². The minimum absolute atomic E-state index is 0.231. The van der Waals surface area contributed by atoms with Crippen LogP contribution in [0.1, 0.15) is 35.8 Å². The third-order valence-corrected chi connectivity index (χ3v) is 5.56. The third-order valence-electron chi connectivity index (χ3n) is 5.56. The Morgan fingerprint density at radius 1 is 1.21 bits per heavy atom. The molecule has 0 saturated carbocycles. The van der Waals surface area contributed by atoms with Gasteiger partial charge in [-0.2, -0.15) is 4.68 Å². The van der Waals surface area contributed by atoms with Gasteiger partial charge in [0.2, 0.25) is 0 Å². The highest BCUT2D eigenvalue weighted by Gasteiger charge is 2.27. The normalized spacial score (nSPS) is 19.6. The van der Waals surface area contributed by atoms with E-state index in [4.69, 9.17) is 9.73 Å². The number of aromatic nitrogens is 4. The molecule has 4 aromatic rings. The molecule has 7 heteroatoms. The number of benzene rings is 2. The van der Waals surface area contributed by atoms with Crippen LogP contribution in [0.5, 0.6) is 0 Å². The van der Waals surface area contributed by atoms with Gasteiger partial charge < -0.3 is 9.73 Å². The monoisotopic (exact) mass is 387 g/mol. The first-order chi connectivity index (χ1) is 14.3. The second-order valence-electron chi connectivity index (χ2n) is 7.47. The van der Waals surface area contributed by atoms with E-state index in [0.717, 1.165) is 47.4 Å². The largest absolute Gasteiger partial charge is 0.464 e. The average Bonchev–Trinajstić information content (AvgIpc) is 3.41. The van der Waals surface area contributed by atoms with E-state index in [2.05, 4.69) is 57.2 Å². The third kappa shape index (κ3) is 3.54. The fourth-order valence-electron chi connectivity index (χ4n) is 4.13. The van der Waals surface area contributed by atoms with Crippen LogP contribution in [0, 0.1) is 6.92 Å². The number of piperidine rings is 1. The van der Waals surface area contributed by atoms with Gasteiger partial charge in [-0.25, -0.2) is 5.32 Å². The minimum atomic E-state index is 0.231. The van der Waals surface area contributed by atoms with Crippen molar-refractivity contribution >= 4 is 11.0 Å². The summed E-state index contributed by atoms with van der Waals surface area (Å²) in [5, 5.41) is 21.7. The molecule has 29 heavy (non-hydrogen) atoms. The van der Waals surface area contributed by atoms with Crippen molar-refractivity contribution in [1.82, 2.24) is 30.8 Å². The van der Waals surface area contributed by atoms with Crippen molar-refractivity contribution in [3.05, 3.63) is 71.7 Å². The van der Waals surface area contributed by atoms with Gasteiger partial charge in [-0.05, 0) is 60.5 Å². The molecular weight excluding hydrogens is 364 g/mol. The molecule has 0 aliphatic carbocycles. The number of fused-ring (bicyclic) bond motifs is 1. The van der Waals surface area contributed by atoms with Crippen LogP contribution in [-0.4, -0.2) is 32.8 Å². The lowest BCUT2D eigenvalue weighted by molar-refractivity contribution is 0.299. The summed E-state index contributed by atoms with van der Waals surface area (Å²) in [7, 11) is 0. The molecular formula is C22H23N6O. The Morgan fingerprint density at radius 2 is 2.10 bits per heavy atom. The standard InChI is InChI=1S/C22H23N6O/c1-15-25-26-27-28(15)19-12-17-9-11-29-22(17)18(13-19)14-24-20-8-5-10-23-21(20)16-6-3-2-4-7-16/h2-4,6-7,9,11-13,20-21,23H,5,8,10,14H2,1H3/t20-,21-/m0/s1. The molecule has 2 aromatic carbocycles. The van der Waals surface area contributed by atoms with E-state index in [1.165, 1.54) is 5.56 Å². The summed E-state index contributed by atoms with van der Waals surface area (Å²) in [6.45, 7) is 3.51. The highest BCUT2D eigenvalue weighted by Crippen LogP contribution is 2.28. The van der Waals surface area contributed by atoms with Crippen LogP contribution in [0.4, 0.5) is 0 Å². The minimum Gasteiger partial charge on any atom is -0.464 e. The van der Waals surface area contributed by atoms with E-state index < -0.39 is 0 Å². The van der Waals surface area contributed by atoms with Gasteiger partial charge in [0.05, 0.1) is 12.0 Å². The summed E-state index contributed by atoms with van der Waals surface area (Å²) in [6.07, 6.45) is 3.94. The van der Waals surface area contributed by atoms with E-state index in [9.17, 15) is 0 Å². The van der Waals surface area contributed by atoms with E-state index in [1.54, 1.807) is 10.9 Å². The predicted octanol–water partition coefficient (Wildman–Crippen LogP) is 3.31. The lowest BCUT2D eigenvalue weighted by Gasteiger charge is -2.32. The van der Waals surface area contributed by atoms with E-state index >= 15 is 0 Å². The number of nitrogens with one attached hydrogen (secondary N) is 1. The molecule has 0 bridgehead atoms.